The van der Waals surface area contributed by atoms with Crippen molar-refractivity contribution in [3.05, 3.63) is 12.7 Å². The second-order valence-electron chi connectivity index (χ2n) is 4.23. The molecule has 14 heavy (non-hydrogen) atoms. The quantitative estimate of drug-likeness (QED) is 0.687. The van der Waals surface area contributed by atoms with Gasteiger partial charge in [0.1, 0.15) is 0 Å². The van der Waals surface area contributed by atoms with Crippen LogP contribution in [0.3, 0.4) is 0 Å². The lowest BCUT2D eigenvalue weighted by Crippen LogP contribution is -2.47. The van der Waals surface area contributed by atoms with Crippen LogP contribution in [-0.2, 0) is 4.74 Å². The molecule has 0 aromatic heterocycles. The van der Waals surface area contributed by atoms with Crippen LogP contribution in [0.15, 0.2) is 12.7 Å². The molecule has 0 aromatic rings. The predicted octanol–water partition coefficient (Wildman–Crippen LogP) is 1.03. The zero-order chi connectivity index (χ0) is 10.6. The molecular formula is C11H21NO2. The second-order valence-corrected chi connectivity index (χ2v) is 4.23. The van der Waals surface area contributed by atoms with E-state index < -0.39 is 5.60 Å². The normalized spacial score (nSPS) is 23.4. The smallest absolute Gasteiger partial charge is 0.0817 e. The lowest BCUT2D eigenvalue weighted by atomic mass is 9.93. The molecule has 1 N–H and O–H groups in total. The van der Waals surface area contributed by atoms with E-state index in [-0.39, 0.29) is 0 Å². The van der Waals surface area contributed by atoms with Crippen molar-refractivity contribution in [3.63, 3.8) is 0 Å². The highest BCUT2D eigenvalue weighted by molar-refractivity contribution is 4.89. The van der Waals surface area contributed by atoms with Crippen molar-refractivity contribution >= 4 is 0 Å². The van der Waals surface area contributed by atoms with Gasteiger partial charge < -0.3 is 9.84 Å². The van der Waals surface area contributed by atoms with Crippen molar-refractivity contribution in [2.75, 3.05) is 26.8 Å². The maximum atomic E-state index is 10.2. The summed E-state index contributed by atoms with van der Waals surface area (Å²) in [6, 6.07) is 0.307. The van der Waals surface area contributed by atoms with Crippen LogP contribution in [0.4, 0.5) is 0 Å². The van der Waals surface area contributed by atoms with E-state index in [1.165, 1.54) is 0 Å². The fraction of sp³-hybridized carbons (Fsp3) is 0.818. The first-order chi connectivity index (χ1) is 6.57. The summed E-state index contributed by atoms with van der Waals surface area (Å²) >= 11 is 0. The fourth-order valence-electron chi connectivity index (χ4n) is 1.70. The molecular weight excluding hydrogens is 178 g/mol. The van der Waals surface area contributed by atoms with Crippen LogP contribution in [0.25, 0.3) is 0 Å². The summed E-state index contributed by atoms with van der Waals surface area (Å²) in [5.41, 5.74) is -0.565. The lowest BCUT2D eigenvalue weighted by Gasteiger charge is -2.36. The Kier molecular flexibility index (Phi) is 4.11. The molecule has 3 nitrogen and oxygen atoms in total. The highest BCUT2D eigenvalue weighted by Gasteiger charge is 2.31. The highest BCUT2D eigenvalue weighted by atomic mass is 16.5. The molecule has 1 heterocycles. The summed E-state index contributed by atoms with van der Waals surface area (Å²) in [6.07, 6.45) is 3.37. The second kappa shape index (κ2) is 4.91. The van der Waals surface area contributed by atoms with E-state index in [2.05, 4.69) is 18.4 Å². The Morgan fingerprint density at radius 1 is 1.57 bits per heavy atom. The van der Waals surface area contributed by atoms with E-state index in [0.717, 1.165) is 12.8 Å². The Balaban J connectivity index is 2.44. The van der Waals surface area contributed by atoms with Gasteiger partial charge in [0.2, 0.25) is 0 Å². The molecule has 1 fully saturated rings. The third-order valence-corrected chi connectivity index (χ3v) is 3.00. The van der Waals surface area contributed by atoms with Crippen molar-refractivity contribution in [2.45, 2.75) is 31.4 Å². The van der Waals surface area contributed by atoms with Gasteiger partial charge in [-0.3, -0.25) is 4.90 Å². The van der Waals surface area contributed by atoms with Crippen LogP contribution in [0, 0.1) is 0 Å². The van der Waals surface area contributed by atoms with E-state index in [0.29, 0.717) is 25.8 Å². The summed E-state index contributed by atoms with van der Waals surface area (Å²) in [4.78, 5) is 2.12. The van der Waals surface area contributed by atoms with Crippen LogP contribution < -0.4 is 0 Å². The number of hydrogen-bond donors (Lipinski definition) is 1. The number of hydrogen-bond acceptors (Lipinski definition) is 3. The molecule has 1 rings (SSSR count). The molecule has 1 aliphatic heterocycles. The monoisotopic (exact) mass is 199 g/mol. The lowest BCUT2D eigenvalue weighted by molar-refractivity contribution is -0.0788. The summed E-state index contributed by atoms with van der Waals surface area (Å²) < 4.78 is 5.23. The minimum atomic E-state index is -0.565. The van der Waals surface area contributed by atoms with Crippen molar-refractivity contribution in [2.24, 2.45) is 0 Å². The average molecular weight is 199 g/mol. The third kappa shape index (κ3) is 3.08. The van der Waals surface area contributed by atoms with Crippen LogP contribution in [-0.4, -0.2) is 48.5 Å². The Labute approximate surface area is 86.4 Å². The molecule has 1 atom stereocenters. The highest BCUT2D eigenvalue weighted by Crippen LogP contribution is 2.21. The third-order valence-electron chi connectivity index (χ3n) is 3.00. The first-order valence-electron chi connectivity index (χ1n) is 5.20. The molecule has 0 saturated carbocycles. The molecule has 1 unspecified atom stereocenters. The maximum Gasteiger partial charge on any atom is 0.0817 e. The van der Waals surface area contributed by atoms with E-state index in [1.54, 1.807) is 0 Å². The number of nitrogens with zero attached hydrogens (tertiary/aromatic N) is 1. The number of ether oxygens (including phenoxy) is 1. The van der Waals surface area contributed by atoms with Gasteiger partial charge >= 0.3 is 0 Å². The van der Waals surface area contributed by atoms with Gasteiger partial charge in [0.15, 0.2) is 0 Å². The van der Waals surface area contributed by atoms with Gasteiger partial charge in [0, 0.05) is 38.6 Å². The molecule has 3 heteroatoms. The molecule has 82 valence electrons. The van der Waals surface area contributed by atoms with Gasteiger partial charge in [-0.25, -0.2) is 0 Å². The molecule has 0 amide bonds. The van der Waals surface area contributed by atoms with Crippen molar-refractivity contribution < 1.29 is 9.84 Å². The molecule has 0 aromatic carbocycles. The van der Waals surface area contributed by atoms with E-state index in [1.807, 2.05) is 13.1 Å². The standard InChI is InChI=1S/C11H21NO2/c1-4-10(2)12(3)9-11(13)5-7-14-8-6-11/h4,10,13H,1,5-9H2,2-3H3. The Morgan fingerprint density at radius 2 is 2.14 bits per heavy atom. The minimum absolute atomic E-state index is 0.307. The molecule has 1 aliphatic rings. The van der Waals surface area contributed by atoms with Crippen molar-refractivity contribution in [3.8, 4) is 0 Å². The summed E-state index contributed by atoms with van der Waals surface area (Å²) in [5.74, 6) is 0. The Hall–Kier alpha value is -0.380. The van der Waals surface area contributed by atoms with Gasteiger partial charge in [-0.2, -0.15) is 0 Å². The first-order valence-corrected chi connectivity index (χ1v) is 5.20. The molecule has 0 radical (unpaired) electrons. The van der Waals surface area contributed by atoms with Crippen molar-refractivity contribution in [1.82, 2.24) is 4.90 Å². The maximum absolute atomic E-state index is 10.2. The van der Waals surface area contributed by atoms with Gasteiger partial charge in [-0.15, -0.1) is 6.58 Å². The van der Waals surface area contributed by atoms with Gasteiger partial charge in [0.05, 0.1) is 5.60 Å². The van der Waals surface area contributed by atoms with E-state index in [4.69, 9.17) is 4.74 Å². The number of rotatable bonds is 4. The zero-order valence-electron chi connectivity index (χ0n) is 9.20. The zero-order valence-corrected chi connectivity index (χ0v) is 9.20. The van der Waals surface area contributed by atoms with E-state index in [9.17, 15) is 5.11 Å². The fourth-order valence-corrected chi connectivity index (χ4v) is 1.70. The summed E-state index contributed by atoms with van der Waals surface area (Å²) in [6.45, 7) is 7.87. The topological polar surface area (TPSA) is 32.7 Å². The molecule has 1 saturated heterocycles. The number of aliphatic hydroxyl groups is 1. The van der Waals surface area contributed by atoms with E-state index >= 15 is 0 Å². The predicted molar refractivity (Wildman–Crippen MR) is 57.3 cm³/mol. The summed E-state index contributed by atoms with van der Waals surface area (Å²) in [5, 5.41) is 10.2. The van der Waals surface area contributed by atoms with Gasteiger partial charge in [-0.1, -0.05) is 6.08 Å². The Bertz CT molecular complexity index is 188. The van der Waals surface area contributed by atoms with Gasteiger partial charge in [-0.05, 0) is 14.0 Å². The molecule has 0 bridgehead atoms. The number of likely N-dealkylation sites (N-methyl/N-ethyl adjacent to an activating group) is 1. The first kappa shape index (κ1) is 11.7. The van der Waals surface area contributed by atoms with Crippen LogP contribution in [0.2, 0.25) is 0 Å². The minimum Gasteiger partial charge on any atom is -0.388 e. The Morgan fingerprint density at radius 3 is 2.64 bits per heavy atom. The largest absolute Gasteiger partial charge is 0.388 e. The van der Waals surface area contributed by atoms with Crippen LogP contribution in [0.5, 0.6) is 0 Å². The van der Waals surface area contributed by atoms with Gasteiger partial charge in [0.25, 0.3) is 0 Å². The van der Waals surface area contributed by atoms with Crippen molar-refractivity contribution in [1.29, 1.82) is 0 Å². The SMILES string of the molecule is C=CC(C)N(C)CC1(O)CCOCC1. The van der Waals surface area contributed by atoms with Crippen LogP contribution in [0.1, 0.15) is 19.8 Å². The van der Waals surface area contributed by atoms with Crippen LogP contribution >= 0.6 is 0 Å². The molecule has 0 spiro atoms. The average Bonchev–Trinajstić information content (AvgIpc) is 2.17. The summed E-state index contributed by atoms with van der Waals surface area (Å²) in [7, 11) is 2.01. The molecule has 0 aliphatic carbocycles.